The fourth-order valence-corrected chi connectivity index (χ4v) is 2.23. The van der Waals surface area contributed by atoms with Crippen LogP contribution < -0.4 is 5.32 Å². The SMILES string of the molecule is CN(C)CCn1ncc(Br)c1C(=O)C1CNC1. The van der Waals surface area contributed by atoms with Crippen LogP contribution in [0.15, 0.2) is 10.7 Å². The molecule has 0 aliphatic carbocycles. The molecule has 1 fully saturated rings. The lowest BCUT2D eigenvalue weighted by Gasteiger charge is -2.26. The van der Waals surface area contributed by atoms with E-state index < -0.39 is 0 Å². The van der Waals surface area contributed by atoms with Gasteiger partial charge in [0, 0.05) is 25.6 Å². The van der Waals surface area contributed by atoms with Crippen LogP contribution in [0.4, 0.5) is 0 Å². The lowest BCUT2D eigenvalue weighted by molar-refractivity contribution is 0.0865. The van der Waals surface area contributed by atoms with Gasteiger partial charge in [-0.2, -0.15) is 5.10 Å². The molecule has 0 bridgehead atoms. The summed E-state index contributed by atoms with van der Waals surface area (Å²) in [6.07, 6.45) is 1.70. The first kappa shape index (κ1) is 12.7. The van der Waals surface area contributed by atoms with Crippen molar-refractivity contribution < 1.29 is 4.79 Å². The lowest BCUT2D eigenvalue weighted by Crippen LogP contribution is -2.47. The van der Waals surface area contributed by atoms with Crippen molar-refractivity contribution in [3.05, 3.63) is 16.4 Å². The summed E-state index contributed by atoms with van der Waals surface area (Å²) in [5, 5.41) is 7.37. The summed E-state index contributed by atoms with van der Waals surface area (Å²) in [6, 6.07) is 0. The quantitative estimate of drug-likeness (QED) is 0.810. The van der Waals surface area contributed by atoms with Crippen LogP contribution in [-0.4, -0.2) is 54.2 Å². The number of hydrogen-bond donors (Lipinski definition) is 1. The van der Waals surface area contributed by atoms with Gasteiger partial charge in [-0.3, -0.25) is 9.48 Å². The van der Waals surface area contributed by atoms with Gasteiger partial charge in [0.2, 0.25) is 0 Å². The van der Waals surface area contributed by atoms with Gasteiger partial charge in [0.1, 0.15) is 5.69 Å². The largest absolute Gasteiger partial charge is 0.315 e. The molecule has 6 heteroatoms. The molecule has 1 aliphatic heterocycles. The molecule has 2 heterocycles. The third-order valence-electron chi connectivity index (χ3n) is 2.94. The summed E-state index contributed by atoms with van der Waals surface area (Å²) in [4.78, 5) is 14.3. The molecule has 1 aromatic rings. The Morgan fingerprint density at radius 1 is 1.65 bits per heavy atom. The molecular formula is C11H17BrN4O. The number of ketones is 1. The number of hydrogen-bond acceptors (Lipinski definition) is 4. The van der Waals surface area contributed by atoms with Crippen LogP contribution in [0, 0.1) is 5.92 Å². The van der Waals surface area contributed by atoms with Crippen LogP contribution in [0.1, 0.15) is 10.5 Å². The van der Waals surface area contributed by atoms with Crippen LogP contribution in [0.3, 0.4) is 0 Å². The number of nitrogens with zero attached hydrogens (tertiary/aromatic N) is 3. The molecule has 0 atom stereocenters. The maximum Gasteiger partial charge on any atom is 0.187 e. The average molecular weight is 301 g/mol. The van der Waals surface area contributed by atoms with E-state index in [1.165, 1.54) is 0 Å². The Morgan fingerprint density at radius 2 is 2.35 bits per heavy atom. The number of halogens is 1. The molecule has 94 valence electrons. The molecule has 1 aromatic heterocycles. The van der Waals surface area contributed by atoms with Crippen molar-refractivity contribution in [1.29, 1.82) is 0 Å². The summed E-state index contributed by atoms with van der Waals surface area (Å²) in [5.41, 5.74) is 0.707. The smallest absolute Gasteiger partial charge is 0.187 e. The highest BCUT2D eigenvalue weighted by Gasteiger charge is 2.29. The van der Waals surface area contributed by atoms with E-state index in [4.69, 9.17) is 0 Å². The van der Waals surface area contributed by atoms with Gasteiger partial charge in [-0.1, -0.05) is 0 Å². The lowest BCUT2D eigenvalue weighted by atomic mass is 9.96. The zero-order valence-corrected chi connectivity index (χ0v) is 11.7. The van der Waals surface area contributed by atoms with E-state index in [2.05, 4.69) is 31.2 Å². The summed E-state index contributed by atoms with van der Waals surface area (Å²) in [7, 11) is 4.02. The molecule has 0 radical (unpaired) electrons. The topological polar surface area (TPSA) is 50.2 Å². The molecule has 5 nitrogen and oxygen atoms in total. The van der Waals surface area contributed by atoms with E-state index in [0.29, 0.717) is 5.69 Å². The van der Waals surface area contributed by atoms with E-state index in [0.717, 1.165) is 30.7 Å². The first-order chi connectivity index (χ1) is 8.09. The minimum absolute atomic E-state index is 0.112. The van der Waals surface area contributed by atoms with E-state index >= 15 is 0 Å². The minimum Gasteiger partial charge on any atom is -0.315 e. The second kappa shape index (κ2) is 5.29. The molecule has 1 saturated heterocycles. The first-order valence-electron chi connectivity index (χ1n) is 5.70. The Balaban J connectivity index is 2.13. The number of carbonyl (C=O) groups is 1. The van der Waals surface area contributed by atoms with Crippen molar-refractivity contribution in [2.24, 2.45) is 5.92 Å². The first-order valence-corrected chi connectivity index (χ1v) is 6.50. The Hall–Kier alpha value is -0.720. The maximum atomic E-state index is 12.2. The van der Waals surface area contributed by atoms with Gasteiger partial charge >= 0.3 is 0 Å². The molecular weight excluding hydrogens is 284 g/mol. The van der Waals surface area contributed by atoms with Crippen LogP contribution in [0.2, 0.25) is 0 Å². The van der Waals surface area contributed by atoms with Crippen LogP contribution in [0.25, 0.3) is 0 Å². The van der Waals surface area contributed by atoms with Gasteiger partial charge in [-0.15, -0.1) is 0 Å². The van der Waals surface area contributed by atoms with E-state index in [-0.39, 0.29) is 11.7 Å². The second-order valence-corrected chi connectivity index (χ2v) is 5.44. The zero-order chi connectivity index (χ0) is 12.4. The number of nitrogens with one attached hydrogen (secondary N) is 1. The molecule has 17 heavy (non-hydrogen) atoms. The molecule has 1 aliphatic rings. The van der Waals surface area contributed by atoms with Crippen LogP contribution in [-0.2, 0) is 6.54 Å². The third-order valence-corrected chi connectivity index (χ3v) is 3.52. The molecule has 1 N–H and O–H groups in total. The van der Waals surface area contributed by atoms with E-state index in [1.807, 2.05) is 14.1 Å². The summed E-state index contributed by atoms with van der Waals surface area (Å²) in [5.74, 6) is 0.299. The Bertz CT molecular complexity index is 412. The number of likely N-dealkylation sites (N-methyl/N-ethyl adjacent to an activating group) is 1. The fourth-order valence-electron chi connectivity index (χ4n) is 1.74. The Morgan fingerprint density at radius 3 is 2.88 bits per heavy atom. The molecule has 0 saturated carbocycles. The van der Waals surface area contributed by atoms with Crippen molar-refractivity contribution in [3.8, 4) is 0 Å². The molecule has 0 aromatic carbocycles. The molecule has 0 spiro atoms. The van der Waals surface area contributed by atoms with Gasteiger partial charge in [0.25, 0.3) is 0 Å². The normalized spacial score (nSPS) is 16.2. The minimum atomic E-state index is 0.112. The highest BCUT2D eigenvalue weighted by Crippen LogP contribution is 2.21. The Kier molecular flexibility index (Phi) is 3.96. The number of rotatable bonds is 5. The second-order valence-electron chi connectivity index (χ2n) is 4.59. The highest BCUT2D eigenvalue weighted by atomic mass is 79.9. The average Bonchev–Trinajstić information content (AvgIpc) is 2.53. The van der Waals surface area contributed by atoms with Gasteiger partial charge in [-0.05, 0) is 30.0 Å². The number of Topliss-reactive ketones (excluding diaryl/α,β-unsaturated/α-hetero) is 1. The van der Waals surface area contributed by atoms with Crippen molar-refractivity contribution >= 4 is 21.7 Å². The summed E-state index contributed by atoms with van der Waals surface area (Å²) < 4.78 is 2.60. The number of aromatic nitrogens is 2. The molecule has 0 amide bonds. The highest BCUT2D eigenvalue weighted by molar-refractivity contribution is 9.10. The van der Waals surface area contributed by atoms with Crippen molar-refractivity contribution in [2.75, 3.05) is 33.7 Å². The van der Waals surface area contributed by atoms with Gasteiger partial charge in [0.15, 0.2) is 5.78 Å². The third kappa shape index (κ3) is 2.75. The van der Waals surface area contributed by atoms with Gasteiger partial charge in [-0.25, -0.2) is 0 Å². The number of carbonyl (C=O) groups excluding carboxylic acids is 1. The predicted molar refractivity (Wildman–Crippen MR) is 69.2 cm³/mol. The van der Waals surface area contributed by atoms with Crippen LogP contribution in [0.5, 0.6) is 0 Å². The van der Waals surface area contributed by atoms with Gasteiger partial charge < -0.3 is 10.2 Å². The standard InChI is InChI=1S/C11H17BrN4O/c1-15(2)3-4-16-10(9(12)7-14-16)11(17)8-5-13-6-8/h7-8,13H,3-6H2,1-2H3. The molecule has 2 rings (SSSR count). The monoisotopic (exact) mass is 300 g/mol. The Labute approximate surface area is 109 Å². The van der Waals surface area contributed by atoms with Crippen molar-refractivity contribution in [2.45, 2.75) is 6.54 Å². The zero-order valence-electron chi connectivity index (χ0n) is 10.1. The summed E-state index contributed by atoms with van der Waals surface area (Å²) in [6.45, 7) is 3.17. The van der Waals surface area contributed by atoms with Crippen LogP contribution >= 0.6 is 15.9 Å². The summed E-state index contributed by atoms with van der Waals surface area (Å²) >= 11 is 3.41. The van der Waals surface area contributed by atoms with E-state index in [1.54, 1.807) is 10.9 Å². The van der Waals surface area contributed by atoms with Crippen molar-refractivity contribution in [3.63, 3.8) is 0 Å². The fraction of sp³-hybridized carbons (Fsp3) is 0.636. The maximum absolute atomic E-state index is 12.2. The predicted octanol–water partition coefficient (Wildman–Crippen LogP) is 0.609. The molecule has 0 unspecified atom stereocenters. The van der Waals surface area contributed by atoms with Crippen molar-refractivity contribution in [1.82, 2.24) is 20.0 Å². The van der Waals surface area contributed by atoms with Gasteiger partial charge in [0.05, 0.1) is 17.2 Å². The van der Waals surface area contributed by atoms with E-state index in [9.17, 15) is 4.79 Å².